The minimum absolute atomic E-state index is 0.0642. The van der Waals surface area contributed by atoms with Crippen molar-refractivity contribution in [3.05, 3.63) is 0 Å². The van der Waals surface area contributed by atoms with Crippen LogP contribution in [0.5, 0.6) is 0 Å². The van der Waals surface area contributed by atoms with Crippen LogP contribution in [-0.4, -0.2) is 61.0 Å². The molecule has 9 nitrogen and oxygen atoms in total. The molecule has 0 aromatic carbocycles. The van der Waals surface area contributed by atoms with Gasteiger partial charge in [0.1, 0.15) is 6.34 Å². The third-order valence-electron chi connectivity index (χ3n) is 4.80. The molecule has 0 radical (unpaired) electrons. The standard InChI is InChI=1S/C13H22N2.C6H10N6O/c1-3-7-12(8-4-1)14-11-15-13-9-5-2-6-10-13;1-12(2)11-10-6-4(5(7)13)8-3-9-6/h12-13H,1-10H2;3,11H,1-2H3,(H2,7,13)/b;10-6-. The molecule has 0 atom stereocenters. The van der Waals surface area contributed by atoms with Gasteiger partial charge in [0.2, 0.25) is 5.84 Å². The van der Waals surface area contributed by atoms with Gasteiger partial charge in [-0.25, -0.2) is 30.5 Å². The highest BCUT2D eigenvalue weighted by Crippen LogP contribution is 2.21. The van der Waals surface area contributed by atoms with Crippen molar-refractivity contribution in [2.24, 2.45) is 30.8 Å². The molecule has 0 unspecified atom stereocenters. The highest BCUT2D eigenvalue weighted by atomic mass is 16.1. The van der Waals surface area contributed by atoms with E-state index in [1.165, 1.54) is 70.5 Å². The third-order valence-corrected chi connectivity index (χ3v) is 4.80. The van der Waals surface area contributed by atoms with Gasteiger partial charge < -0.3 is 5.73 Å². The summed E-state index contributed by atoms with van der Waals surface area (Å²) in [4.78, 5) is 27.1. The topological polar surface area (TPSA) is 120 Å². The lowest BCUT2D eigenvalue weighted by molar-refractivity contribution is -0.111. The molecule has 154 valence electrons. The molecular formula is C19H32N8O. The monoisotopic (exact) mass is 388 g/mol. The minimum Gasteiger partial charge on any atom is -0.364 e. The summed E-state index contributed by atoms with van der Waals surface area (Å²) in [6.07, 6.45) is 14.4. The molecule has 0 bridgehead atoms. The fourth-order valence-corrected chi connectivity index (χ4v) is 3.28. The van der Waals surface area contributed by atoms with Gasteiger partial charge in [-0.2, -0.15) is 0 Å². The van der Waals surface area contributed by atoms with Crippen molar-refractivity contribution in [3.8, 4) is 0 Å². The van der Waals surface area contributed by atoms with E-state index in [0.29, 0.717) is 12.1 Å². The second-order valence-corrected chi connectivity index (χ2v) is 7.46. The maximum absolute atomic E-state index is 10.7. The number of carbonyl (C=O) groups is 1. The van der Waals surface area contributed by atoms with Crippen LogP contribution in [0.15, 0.2) is 25.1 Å². The zero-order valence-corrected chi connectivity index (χ0v) is 17.0. The Labute approximate surface area is 167 Å². The average Bonchev–Trinajstić information content (AvgIpc) is 3.18. The molecular weight excluding hydrogens is 356 g/mol. The number of hydrazone groups is 1. The van der Waals surface area contributed by atoms with Crippen molar-refractivity contribution in [2.45, 2.75) is 76.3 Å². The van der Waals surface area contributed by atoms with Crippen LogP contribution < -0.4 is 11.3 Å². The zero-order valence-electron chi connectivity index (χ0n) is 17.0. The summed E-state index contributed by atoms with van der Waals surface area (Å²) in [6, 6.07) is 4.04. The molecule has 9 heteroatoms. The lowest BCUT2D eigenvalue weighted by Gasteiger charge is -2.17. The largest absolute Gasteiger partial charge is 0.364 e. The van der Waals surface area contributed by atoms with Gasteiger partial charge in [-0.15, -0.1) is 5.10 Å². The minimum atomic E-state index is -0.642. The first-order valence-electron chi connectivity index (χ1n) is 10.1. The number of carbonyl (C=O) groups excluding carboxylic acids is 1. The molecule has 2 fully saturated rings. The lowest BCUT2D eigenvalue weighted by atomic mass is 9.96. The Morgan fingerprint density at radius 3 is 2.07 bits per heavy atom. The first-order chi connectivity index (χ1) is 13.6. The van der Waals surface area contributed by atoms with Crippen molar-refractivity contribution >= 4 is 29.8 Å². The van der Waals surface area contributed by atoms with E-state index in [1.54, 1.807) is 19.1 Å². The van der Waals surface area contributed by atoms with E-state index in [0.717, 1.165) is 0 Å². The summed E-state index contributed by atoms with van der Waals surface area (Å²) in [5, 5.41) is 5.39. The lowest BCUT2D eigenvalue weighted by Crippen LogP contribution is -2.32. The number of nitrogens with two attached hydrogens (primary N) is 1. The smallest absolute Gasteiger partial charge is 0.271 e. The molecule has 0 spiro atoms. The first-order valence-corrected chi connectivity index (χ1v) is 10.1. The zero-order chi connectivity index (χ0) is 20.2. The Hall–Kier alpha value is -2.38. The number of rotatable bonds is 5. The van der Waals surface area contributed by atoms with Crippen molar-refractivity contribution in [1.29, 1.82) is 0 Å². The highest BCUT2D eigenvalue weighted by Gasteiger charge is 2.17. The quantitative estimate of drug-likeness (QED) is 0.554. The number of aliphatic imine (C=N–C) groups is 4. The molecule has 0 aromatic rings. The van der Waals surface area contributed by atoms with Crippen LogP contribution in [0.1, 0.15) is 64.2 Å². The molecule has 3 N–H and O–H groups in total. The molecule has 1 aliphatic heterocycles. The van der Waals surface area contributed by atoms with Gasteiger partial charge >= 0.3 is 0 Å². The number of amidine groups is 1. The number of primary amides is 1. The number of hydrazine groups is 1. The molecule has 28 heavy (non-hydrogen) atoms. The molecule has 0 aromatic heterocycles. The summed E-state index contributed by atoms with van der Waals surface area (Å²) in [5.41, 5.74) is 7.68. The Morgan fingerprint density at radius 1 is 1.07 bits per heavy atom. The second-order valence-electron chi connectivity index (χ2n) is 7.46. The normalized spacial score (nSPS) is 21.5. The van der Waals surface area contributed by atoms with E-state index in [4.69, 9.17) is 5.73 Å². The van der Waals surface area contributed by atoms with Gasteiger partial charge in [0.25, 0.3) is 5.91 Å². The van der Waals surface area contributed by atoms with Crippen LogP contribution in [-0.2, 0) is 4.79 Å². The van der Waals surface area contributed by atoms with Crippen molar-refractivity contribution in [3.63, 3.8) is 0 Å². The fraction of sp³-hybridized carbons (Fsp3) is 0.737. The van der Waals surface area contributed by atoms with Gasteiger partial charge in [-0.1, -0.05) is 38.5 Å². The summed E-state index contributed by atoms with van der Waals surface area (Å²) >= 11 is 0. The summed E-state index contributed by atoms with van der Waals surface area (Å²) in [7, 11) is 3.51. The van der Waals surface area contributed by atoms with E-state index in [2.05, 4.69) is 36.6 Å². The fourth-order valence-electron chi connectivity index (χ4n) is 3.28. The molecule has 1 amide bonds. The number of nitrogens with one attached hydrogen (secondary N) is 1. The Kier molecular flexibility index (Phi) is 9.51. The Bertz CT molecular complexity index is 627. The van der Waals surface area contributed by atoms with E-state index >= 15 is 0 Å². The van der Waals surface area contributed by atoms with Crippen molar-refractivity contribution < 1.29 is 4.79 Å². The maximum atomic E-state index is 10.7. The van der Waals surface area contributed by atoms with Gasteiger partial charge in [0.15, 0.2) is 5.71 Å². The predicted octanol–water partition coefficient (Wildman–Crippen LogP) is 2.16. The number of hydrogen-bond donors (Lipinski definition) is 2. The third kappa shape index (κ3) is 8.10. The van der Waals surface area contributed by atoms with Gasteiger partial charge in [0, 0.05) is 14.1 Å². The first kappa shape index (κ1) is 21.9. The van der Waals surface area contributed by atoms with E-state index < -0.39 is 5.91 Å². The molecule has 0 saturated heterocycles. The average molecular weight is 389 g/mol. The summed E-state index contributed by atoms with van der Waals surface area (Å²) in [5.74, 6) is -0.446. The SMILES string of the molecule is C(=NC1CCCCC1)=NC1CCCCC1.CN(C)N/N=C1\N=CN=C1C(N)=O. The molecule has 3 rings (SSSR count). The maximum Gasteiger partial charge on any atom is 0.271 e. The van der Waals surface area contributed by atoms with E-state index in [1.807, 2.05) is 0 Å². The van der Waals surface area contributed by atoms with Gasteiger partial charge in [-0.3, -0.25) is 4.79 Å². The van der Waals surface area contributed by atoms with Gasteiger partial charge in [-0.05, 0) is 25.7 Å². The number of hydrogen-bond acceptors (Lipinski definition) is 7. The molecule has 2 aliphatic carbocycles. The van der Waals surface area contributed by atoms with Crippen molar-refractivity contribution in [1.82, 2.24) is 10.5 Å². The Morgan fingerprint density at radius 2 is 1.61 bits per heavy atom. The van der Waals surface area contributed by atoms with Crippen LogP contribution in [0.3, 0.4) is 0 Å². The van der Waals surface area contributed by atoms with Crippen LogP contribution in [0.25, 0.3) is 0 Å². The van der Waals surface area contributed by atoms with E-state index in [-0.39, 0.29) is 11.5 Å². The van der Waals surface area contributed by atoms with Crippen LogP contribution in [0.2, 0.25) is 0 Å². The van der Waals surface area contributed by atoms with Crippen LogP contribution >= 0.6 is 0 Å². The molecule has 1 heterocycles. The number of nitrogens with zero attached hydrogens (tertiary/aromatic N) is 6. The van der Waals surface area contributed by atoms with Crippen LogP contribution in [0.4, 0.5) is 0 Å². The van der Waals surface area contributed by atoms with E-state index in [9.17, 15) is 4.79 Å². The molecule has 2 saturated carbocycles. The van der Waals surface area contributed by atoms with Crippen LogP contribution in [0, 0.1) is 0 Å². The predicted molar refractivity (Wildman–Crippen MR) is 113 cm³/mol. The highest BCUT2D eigenvalue weighted by molar-refractivity contribution is 6.68. The summed E-state index contributed by atoms with van der Waals surface area (Å²) in [6.45, 7) is 0. The summed E-state index contributed by atoms with van der Waals surface area (Å²) < 4.78 is 0. The number of amides is 1. The Balaban J connectivity index is 0.000000203. The van der Waals surface area contributed by atoms with Crippen molar-refractivity contribution in [2.75, 3.05) is 14.1 Å². The molecule has 3 aliphatic rings. The van der Waals surface area contributed by atoms with Gasteiger partial charge in [0.05, 0.1) is 18.1 Å². The second kappa shape index (κ2) is 12.2.